The van der Waals surface area contributed by atoms with E-state index in [1.54, 1.807) is 6.07 Å². The second-order valence-electron chi connectivity index (χ2n) is 5.44. The lowest BCUT2D eigenvalue weighted by Gasteiger charge is -2.24. The van der Waals surface area contributed by atoms with Crippen LogP contribution in [0, 0.1) is 18.8 Å². The van der Waals surface area contributed by atoms with E-state index in [0.717, 1.165) is 43.8 Å². The zero-order valence-corrected chi connectivity index (χ0v) is 14.4. The number of hydrogen-bond donors (Lipinski definition) is 0. The monoisotopic (exact) mass is 349 g/mol. The predicted molar refractivity (Wildman–Crippen MR) is 95.0 cm³/mol. The SMILES string of the molecule is Cc1cc(=O)oc2cc(OCC#CCN3CCOCC3)ccc12.Cl. The molecule has 128 valence electrons. The summed E-state index contributed by atoms with van der Waals surface area (Å²) in [4.78, 5) is 13.7. The summed E-state index contributed by atoms with van der Waals surface area (Å²) in [5, 5.41) is 0.912. The lowest BCUT2D eigenvalue weighted by atomic mass is 10.1. The number of morpholine rings is 1. The van der Waals surface area contributed by atoms with Gasteiger partial charge in [0.1, 0.15) is 17.9 Å². The Morgan fingerprint density at radius 1 is 1.21 bits per heavy atom. The van der Waals surface area contributed by atoms with Gasteiger partial charge < -0.3 is 13.9 Å². The highest BCUT2D eigenvalue weighted by Gasteiger charge is 2.07. The van der Waals surface area contributed by atoms with Crippen LogP contribution in [-0.2, 0) is 4.74 Å². The standard InChI is InChI=1S/C18H19NO4.ClH/c1-14-12-18(20)23-17-13-15(4-5-16(14)17)22-9-3-2-6-19-7-10-21-11-8-19;/h4-5,12-13H,6-11H2,1H3;1H. The van der Waals surface area contributed by atoms with Gasteiger partial charge in [0.15, 0.2) is 0 Å². The minimum Gasteiger partial charge on any atom is -0.481 e. The van der Waals surface area contributed by atoms with E-state index < -0.39 is 0 Å². The number of hydrogen-bond acceptors (Lipinski definition) is 5. The summed E-state index contributed by atoms with van der Waals surface area (Å²) in [6.07, 6.45) is 0. The van der Waals surface area contributed by atoms with Gasteiger partial charge in [0.2, 0.25) is 0 Å². The highest BCUT2D eigenvalue weighted by Crippen LogP contribution is 2.21. The van der Waals surface area contributed by atoms with Crippen molar-refractivity contribution in [2.45, 2.75) is 6.92 Å². The Kier molecular flexibility index (Phi) is 6.68. The number of benzene rings is 1. The molecule has 0 bridgehead atoms. The Hall–Kier alpha value is -2.00. The number of ether oxygens (including phenoxy) is 2. The van der Waals surface area contributed by atoms with Gasteiger partial charge in [0.05, 0.1) is 19.8 Å². The van der Waals surface area contributed by atoms with Crippen molar-refractivity contribution in [2.75, 3.05) is 39.5 Å². The van der Waals surface area contributed by atoms with E-state index in [0.29, 0.717) is 17.9 Å². The molecule has 1 aliphatic rings. The summed E-state index contributed by atoms with van der Waals surface area (Å²) in [6.45, 7) is 6.35. The molecule has 1 aromatic heterocycles. The topological polar surface area (TPSA) is 51.9 Å². The molecule has 0 N–H and O–H groups in total. The van der Waals surface area contributed by atoms with E-state index in [9.17, 15) is 4.79 Å². The lowest BCUT2D eigenvalue weighted by Crippen LogP contribution is -2.36. The van der Waals surface area contributed by atoms with Gasteiger partial charge in [0.25, 0.3) is 0 Å². The first-order valence-electron chi connectivity index (χ1n) is 7.65. The number of fused-ring (bicyclic) bond motifs is 1. The molecule has 0 atom stereocenters. The van der Waals surface area contributed by atoms with Crippen LogP contribution in [0.25, 0.3) is 11.0 Å². The van der Waals surface area contributed by atoms with Crippen molar-refractivity contribution >= 4 is 23.4 Å². The number of halogens is 1. The summed E-state index contributed by atoms with van der Waals surface area (Å²) in [6, 6.07) is 6.97. The molecule has 0 spiro atoms. The van der Waals surface area contributed by atoms with Crippen LogP contribution < -0.4 is 10.4 Å². The predicted octanol–water partition coefficient (Wildman–Crippen LogP) is 2.24. The van der Waals surface area contributed by atoms with Crippen LogP contribution >= 0.6 is 12.4 Å². The first-order valence-corrected chi connectivity index (χ1v) is 7.65. The number of nitrogens with zero attached hydrogens (tertiary/aromatic N) is 1. The molecule has 0 saturated carbocycles. The van der Waals surface area contributed by atoms with Gasteiger partial charge in [0, 0.05) is 30.6 Å². The minimum atomic E-state index is -0.350. The first kappa shape index (κ1) is 18.3. The fraction of sp³-hybridized carbons (Fsp3) is 0.389. The summed E-state index contributed by atoms with van der Waals surface area (Å²) >= 11 is 0. The van der Waals surface area contributed by atoms with Crippen molar-refractivity contribution in [3.8, 4) is 17.6 Å². The van der Waals surface area contributed by atoms with Gasteiger partial charge in [-0.05, 0) is 24.6 Å². The van der Waals surface area contributed by atoms with Crippen LogP contribution in [0.1, 0.15) is 5.56 Å². The second-order valence-corrected chi connectivity index (χ2v) is 5.44. The molecule has 1 aromatic carbocycles. The van der Waals surface area contributed by atoms with Crippen molar-refractivity contribution in [3.05, 3.63) is 40.2 Å². The molecule has 0 aliphatic carbocycles. The Morgan fingerprint density at radius 2 is 2.00 bits per heavy atom. The van der Waals surface area contributed by atoms with E-state index in [2.05, 4.69) is 16.7 Å². The zero-order chi connectivity index (χ0) is 16.1. The highest BCUT2D eigenvalue weighted by molar-refractivity contribution is 5.85. The van der Waals surface area contributed by atoms with Crippen molar-refractivity contribution in [1.29, 1.82) is 0 Å². The summed E-state index contributed by atoms with van der Waals surface area (Å²) in [7, 11) is 0. The molecule has 1 fully saturated rings. The maximum atomic E-state index is 11.4. The Bertz CT molecular complexity index is 800. The van der Waals surface area contributed by atoms with Crippen LogP contribution in [0.5, 0.6) is 5.75 Å². The van der Waals surface area contributed by atoms with E-state index >= 15 is 0 Å². The van der Waals surface area contributed by atoms with Crippen LogP contribution in [-0.4, -0.2) is 44.4 Å². The second kappa shape index (κ2) is 8.74. The lowest BCUT2D eigenvalue weighted by molar-refractivity contribution is 0.0443. The zero-order valence-electron chi connectivity index (χ0n) is 13.5. The fourth-order valence-corrected chi connectivity index (χ4v) is 2.49. The van der Waals surface area contributed by atoms with Gasteiger partial charge in [-0.3, -0.25) is 4.90 Å². The fourth-order valence-electron chi connectivity index (χ4n) is 2.49. The molecule has 6 heteroatoms. The molecule has 0 radical (unpaired) electrons. The van der Waals surface area contributed by atoms with Gasteiger partial charge in [-0.25, -0.2) is 4.79 Å². The molecular formula is C18H20ClNO4. The van der Waals surface area contributed by atoms with Gasteiger partial charge in [-0.15, -0.1) is 12.4 Å². The third kappa shape index (κ3) is 4.75. The van der Waals surface area contributed by atoms with E-state index in [4.69, 9.17) is 13.9 Å². The third-order valence-corrected chi connectivity index (χ3v) is 3.77. The highest BCUT2D eigenvalue weighted by atomic mass is 35.5. The molecule has 2 heterocycles. The molecular weight excluding hydrogens is 330 g/mol. The quantitative estimate of drug-likeness (QED) is 0.628. The third-order valence-electron chi connectivity index (χ3n) is 3.77. The van der Waals surface area contributed by atoms with Crippen LogP contribution in [0.3, 0.4) is 0 Å². The largest absolute Gasteiger partial charge is 0.481 e. The number of aryl methyl sites for hydroxylation is 1. The summed E-state index contributed by atoms with van der Waals surface area (Å²) in [5.41, 5.74) is 1.08. The van der Waals surface area contributed by atoms with Crippen molar-refractivity contribution in [2.24, 2.45) is 0 Å². The Balaban J connectivity index is 0.00000208. The smallest absolute Gasteiger partial charge is 0.336 e. The average Bonchev–Trinajstić information content (AvgIpc) is 2.55. The average molecular weight is 350 g/mol. The first-order chi connectivity index (χ1) is 11.2. The maximum absolute atomic E-state index is 11.4. The molecule has 0 amide bonds. The van der Waals surface area contributed by atoms with Gasteiger partial charge in [-0.2, -0.15) is 0 Å². The minimum absolute atomic E-state index is 0. The molecule has 0 unspecified atom stereocenters. The van der Waals surface area contributed by atoms with Crippen molar-refractivity contribution in [1.82, 2.24) is 4.90 Å². The van der Waals surface area contributed by atoms with Crippen molar-refractivity contribution < 1.29 is 13.9 Å². The van der Waals surface area contributed by atoms with E-state index in [-0.39, 0.29) is 18.0 Å². The molecule has 3 rings (SSSR count). The van der Waals surface area contributed by atoms with Crippen LogP contribution in [0.15, 0.2) is 33.5 Å². The van der Waals surface area contributed by atoms with E-state index in [1.165, 1.54) is 6.07 Å². The molecule has 24 heavy (non-hydrogen) atoms. The molecule has 1 saturated heterocycles. The van der Waals surface area contributed by atoms with Crippen LogP contribution in [0.2, 0.25) is 0 Å². The Labute approximate surface area is 146 Å². The van der Waals surface area contributed by atoms with Crippen molar-refractivity contribution in [3.63, 3.8) is 0 Å². The molecule has 2 aromatic rings. The van der Waals surface area contributed by atoms with Gasteiger partial charge in [-0.1, -0.05) is 11.8 Å². The molecule has 1 aliphatic heterocycles. The summed E-state index contributed by atoms with van der Waals surface area (Å²) in [5.74, 6) is 6.75. The number of rotatable bonds is 3. The normalized spacial score (nSPS) is 14.5. The van der Waals surface area contributed by atoms with E-state index in [1.807, 2.05) is 19.1 Å². The molecule has 5 nitrogen and oxygen atoms in total. The summed E-state index contributed by atoms with van der Waals surface area (Å²) < 4.78 is 16.1. The maximum Gasteiger partial charge on any atom is 0.336 e. The Morgan fingerprint density at radius 3 is 2.79 bits per heavy atom. The van der Waals surface area contributed by atoms with Crippen LogP contribution in [0.4, 0.5) is 0 Å². The van der Waals surface area contributed by atoms with Gasteiger partial charge >= 0.3 is 5.63 Å².